The fourth-order valence-corrected chi connectivity index (χ4v) is 5.27. The van der Waals surface area contributed by atoms with Crippen LogP contribution in [-0.2, 0) is 30.5 Å². The van der Waals surface area contributed by atoms with E-state index in [1.807, 2.05) is 18.2 Å². The lowest BCUT2D eigenvalue weighted by Gasteiger charge is -2.23. The second kappa shape index (κ2) is 9.84. The fraction of sp³-hybridized carbons (Fsp3) is 0.393. The summed E-state index contributed by atoms with van der Waals surface area (Å²) in [5, 5.41) is 12.6. The molecule has 0 radical (unpaired) electrons. The zero-order valence-electron chi connectivity index (χ0n) is 19.5. The highest BCUT2D eigenvalue weighted by Crippen LogP contribution is 2.35. The van der Waals surface area contributed by atoms with Gasteiger partial charge < -0.3 is 16.2 Å². The molecule has 0 aliphatic heterocycles. The number of anilines is 2. The molecule has 34 heavy (non-hydrogen) atoms. The van der Waals surface area contributed by atoms with Gasteiger partial charge in [-0.3, -0.25) is 4.79 Å². The number of hydrogen-bond donors (Lipinski definition) is 3. The maximum absolute atomic E-state index is 12.9. The molecule has 6 heteroatoms. The average molecular weight is 457 g/mol. The van der Waals surface area contributed by atoms with E-state index in [0.29, 0.717) is 5.82 Å². The molecular formula is C28H32N4O2. The number of benzene rings is 2. The Labute approximate surface area is 200 Å². The maximum Gasteiger partial charge on any atom is 0.229 e. The molecule has 3 aromatic rings. The number of nitrogens with two attached hydrogens (primary N) is 1. The van der Waals surface area contributed by atoms with E-state index < -0.39 is 0 Å². The van der Waals surface area contributed by atoms with Gasteiger partial charge in [0.1, 0.15) is 5.75 Å². The first-order valence-electron chi connectivity index (χ1n) is 12.4. The number of nitrogens with one attached hydrogen (secondary N) is 1. The summed E-state index contributed by atoms with van der Waals surface area (Å²) in [7, 11) is 0. The molecule has 176 valence electrons. The number of nitrogen functional groups attached to an aromatic ring is 1. The molecule has 6 nitrogen and oxygen atoms in total. The second-order valence-corrected chi connectivity index (χ2v) is 9.66. The summed E-state index contributed by atoms with van der Waals surface area (Å²) in [5.74, 6) is 1.39. The highest BCUT2D eigenvalue weighted by atomic mass is 16.3. The lowest BCUT2D eigenvalue weighted by molar-refractivity contribution is -0.115. The van der Waals surface area contributed by atoms with Gasteiger partial charge in [0.2, 0.25) is 5.91 Å². The predicted octanol–water partition coefficient (Wildman–Crippen LogP) is 5.22. The van der Waals surface area contributed by atoms with Gasteiger partial charge in [0.05, 0.1) is 23.5 Å². The lowest BCUT2D eigenvalue weighted by Crippen LogP contribution is -2.20. The number of rotatable bonds is 6. The van der Waals surface area contributed by atoms with Crippen molar-refractivity contribution in [2.45, 2.75) is 64.2 Å². The zero-order valence-corrected chi connectivity index (χ0v) is 19.5. The first-order valence-corrected chi connectivity index (χ1v) is 12.4. The minimum absolute atomic E-state index is 0.122. The Balaban J connectivity index is 1.42. The van der Waals surface area contributed by atoms with Crippen molar-refractivity contribution in [2.75, 3.05) is 11.1 Å². The van der Waals surface area contributed by atoms with Gasteiger partial charge in [-0.2, -0.15) is 0 Å². The van der Waals surface area contributed by atoms with Gasteiger partial charge in [-0.25, -0.2) is 9.97 Å². The minimum Gasteiger partial charge on any atom is -0.508 e. The van der Waals surface area contributed by atoms with Gasteiger partial charge >= 0.3 is 0 Å². The Morgan fingerprint density at radius 1 is 1.03 bits per heavy atom. The van der Waals surface area contributed by atoms with Crippen LogP contribution in [0.15, 0.2) is 42.5 Å². The molecule has 2 aromatic carbocycles. The fourth-order valence-electron chi connectivity index (χ4n) is 5.27. The molecule has 0 spiro atoms. The SMILES string of the molecule is Nc1ccc2c(c1)CCc1nc(NC(=O)Cc3ccc(O)cc3)c(CCC3CCCCC3)nc1-2. The smallest absolute Gasteiger partial charge is 0.229 e. The van der Waals surface area contributed by atoms with Crippen LogP contribution in [0.1, 0.15) is 61.0 Å². The summed E-state index contributed by atoms with van der Waals surface area (Å²) in [5.41, 5.74) is 12.7. The Morgan fingerprint density at radius 3 is 2.62 bits per heavy atom. The second-order valence-electron chi connectivity index (χ2n) is 9.66. The van der Waals surface area contributed by atoms with Gasteiger partial charge in [0.15, 0.2) is 5.82 Å². The summed E-state index contributed by atoms with van der Waals surface area (Å²) in [6.07, 6.45) is 10.3. The molecule has 0 bridgehead atoms. The number of aromatic nitrogens is 2. The zero-order chi connectivity index (χ0) is 23.5. The number of phenolic OH excluding ortho intramolecular Hbond substituents is 1. The minimum atomic E-state index is -0.122. The van der Waals surface area contributed by atoms with Crippen molar-refractivity contribution >= 4 is 17.4 Å². The third-order valence-corrected chi connectivity index (χ3v) is 7.13. The van der Waals surface area contributed by atoms with Crippen LogP contribution in [0.25, 0.3) is 11.3 Å². The quantitative estimate of drug-likeness (QED) is 0.441. The van der Waals surface area contributed by atoms with E-state index in [-0.39, 0.29) is 18.1 Å². The van der Waals surface area contributed by atoms with Gasteiger partial charge in [0, 0.05) is 11.3 Å². The molecule has 1 fully saturated rings. The van der Waals surface area contributed by atoms with Crippen molar-refractivity contribution in [1.82, 2.24) is 9.97 Å². The van der Waals surface area contributed by atoms with Crippen LogP contribution >= 0.6 is 0 Å². The van der Waals surface area contributed by atoms with E-state index in [1.165, 1.54) is 37.7 Å². The maximum atomic E-state index is 12.9. The Kier molecular flexibility index (Phi) is 6.48. The van der Waals surface area contributed by atoms with E-state index in [2.05, 4.69) is 5.32 Å². The van der Waals surface area contributed by atoms with Crippen molar-refractivity contribution in [3.8, 4) is 17.0 Å². The van der Waals surface area contributed by atoms with Crippen molar-refractivity contribution in [3.05, 3.63) is 65.0 Å². The first kappa shape index (κ1) is 22.4. The number of aryl methyl sites for hydroxylation is 3. The first-order chi connectivity index (χ1) is 16.5. The van der Waals surface area contributed by atoms with E-state index in [1.54, 1.807) is 24.3 Å². The van der Waals surface area contributed by atoms with Gasteiger partial charge in [-0.15, -0.1) is 0 Å². The normalized spacial score (nSPS) is 15.4. The number of carbonyl (C=O) groups is 1. The largest absolute Gasteiger partial charge is 0.508 e. The summed E-state index contributed by atoms with van der Waals surface area (Å²) < 4.78 is 0. The molecule has 1 aromatic heterocycles. The van der Waals surface area contributed by atoms with E-state index >= 15 is 0 Å². The van der Waals surface area contributed by atoms with Crippen LogP contribution in [0.5, 0.6) is 5.75 Å². The number of fused-ring (bicyclic) bond motifs is 3. The number of amides is 1. The Bertz CT molecular complexity index is 1180. The van der Waals surface area contributed by atoms with Crippen LogP contribution < -0.4 is 11.1 Å². The van der Waals surface area contributed by atoms with Gasteiger partial charge in [-0.1, -0.05) is 50.3 Å². The molecule has 0 atom stereocenters. The highest BCUT2D eigenvalue weighted by molar-refractivity contribution is 5.92. The number of phenols is 1. The average Bonchev–Trinajstić information content (AvgIpc) is 2.84. The Morgan fingerprint density at radius 2 is 1.82 bits per heavy atom. The van der Waals surface area contributed by atoms with Crippen LogP contribution in [0.4, 0.5) is 11.5 Å². The third-order valence-electron chi connectivity index (χ3n) is 7.13. The van der Waals surface area contributed by atoms with Crippen molar-refractivity contribution in [3.63, 3.8) is 0 Å². The van der Waals surface area contributed by atoms with Gasteiger partial charge in [0.25, 0.3) is 0 Å². The molecule has 0 unspecified atom stereocenters. The number of hydrogen-bond acceptors (Lipinski definition) is 5. The highest BCUT2D eigenvalue weighted by Gasteiger charge is 2.23. The summed E-state index contributed by atoms with van der Waals surface area (Å²) in [6, 6.07) is 12.7. The van der Waals surface area contributed by atoms with Crippen LogP contribution in [-0.4, -0.2) is 21.0 Å². The number of carbonyl (C=O) groups excluding carboxylic acids is 1. The monoisotopic (exact) mass is 456 g/mol. The molecule has 0 saturated heterocycles. The van der Waals surface area contributed by atoms with Crippen LogP contribution in [0, 0.1) is 5.92 Å². The third kappa shape index (κ3) is 5.06. The molecule has 2 aliphatic carbocycles. The lowest BCUT2D eigenvalue weighted by atomic mass is 9.85. The summed E-state index contributed by atoms with van der Waals surface area (Å²) in [6.45, 7) is 0. The predicted molar refractivity (Wildman–Crippen MR) is 135 cm³/mol. The molecule has 1 amide bonds. The number of nitrogens with zero attached hydrogens (tertiary/aromatic N) is 2. The molecule has 1 saturated carbocycles. The topological polar surface area (TPSA) is 101 Å². The van der Waals surface area contributed by atoms with E-state index in [4.69, 9.17) is 15.7 Å². The molecule has 2 aliphatic rings. The van der Waals surface area contributed by atoms with Gasteiger partial charge in [-0.05, 0) is 67.0 Å². The van der Waals surface area contributed by atoms with Crippen LogP contribution in [0.3, 0.4) is 0 Å². The van der Waals surface area contributed by atoms with Crippen molar-refractivity contribution in [1.29, 1.82) is 0 Å². The molecule has 5 rings (SSSR count). The van der Waals surface area contributed by atoms with E-state index in [9.17, 15) is 9.90 Å². The van der Waals surface area contributed by atoms with E-state index in [0.717, 1.165) is 65.5 Å². The summed E-state index contributed by atoms with van der Waals surface area (Å²) >= 11 is 0. The van der Waals surface area contributed by atoms with Crippen molar-refractivity contribution in [2.24, 2.45) is 5.92 Å². The standard InChI is InChI=1S/C28H32N4O2/c29-21-10-13-23-20(17-21)9-15-24-27(23)30-25(14-8-18-4-2-1-3-5-18)28(31-24)32-26(34)16-19-6-11-22(33)12-7-19/h6-7,10-13,17-18,33H,1-5,8-9,14-16,29H2,(H,31,32,34). The summed E-state index contributed by atoms with van der Waals surface area (Å²) in [4.78, 5) is 22.9. The molecule has 4 N–H and O–H groups in total. The van der Waals surface area contributed by atoms with Crippen molar-refractivity contribution < 1.29 is 9.90 Å². The van der Waals surface area contributed by atoms with Crippen LogP contribution in [0.2, 0.25) is 0 Å². The number of aromatic hydroxyl groups is 1. The Hall–Kier alpha value is -3.41. The molecule has 1 heterocycles. The molecular weight excluding hydrogens is 424 g/mol.